The van der Waals surface area contributed by atoms with Gasteiger partial charge in [0.05, 0.1) is 38.9 Å². The molecule has 10 nitrogen and oxygen atoms in total. The van der Waals surface area contributed by atoms with Gasteiger partial charge in [0.1, 0.15) is 23.0 Å². The standard InChI is InChI=1S/C38H34Cl2N2O8/c1-41-35(46)37(39)19-28-25(32(38(37,40)36(41)47)26-13-11-24(49-3)18-29(26)43)14-15-27-31(28)34(45)42(33(27)44)22-9-6-20(7-10-22)5-8-21-17-23(48-2)12-16-30(21)50-4/h5-14,16-18,27-28,31-32,43H,15,19H2,1-4H3/t27-,28+,31-,32+,37+,38-/m0/s1. The fourth-order valence-corrected chi connectivity index (χ4v) is 9.14. The maximum atomic E-state index is 14.3. The minimum atomic E-state index is -1.99. The molecule has 3 fully saturated rings. The van der Waals surface area contributed by atoms with Crippen molar-refractivity contribution < 1.29 is 38.5 Å². The van der Waals surface area contributed by atoms with Crippen molar-refractivity contribution in [1.29, 1.82) is 0 Å². The number of carbonyl (C=O) groups excluding carboxylic acids is 4. The first-order valence-electron chi connectivity index (χ1n) is 16.0. The van der Waals surface area contributed by atoms with Gasteiger partial charge in [0.25, 0.3) is 11.8 Å². The number of phenolic OH excluding ortho intramolecular Hbond substituents is 1. The molecule has 258 valence electrons. The Morgan fingerprint density at radius 1 is 0.820 bits per heavy atom. The number of fused-ring (bicyclic) bond motifs is 4. The van der Waals surface area contributed by atoms with Gasteiger partial charge in [-0.15, -0.1) is 23.2 Å². The van der Waals surface area contributed by atoms with Crippen molar-refractivity contribution in [2.45, 2.75) is 28.5 Å². The van der Waals surface area contributed by atoms with E-state index in [4.69, 9.17) is 37.4 Å². The highest BCUT2D eigenvalue weighted by atomic mass is 35.5. The van der Waals surface area contributed by atoms with E-state index >= 15 is 0 Å². The zero-order valence-corrected chi connectivity index (χ0v) is 29.2. The average Bonchev–Trinajstić information content (AvgIpc) is 3.45. The first-order chi connectivity index (χ1) is 23.9. The number of methoxy groups -OCH3 is 3. The summed E-state index contributed by atoms with van der Waals surface area (Å²) in [6.07, 6.45) is 5.66. The number of allylic oxidation sites excluding steroid dienone is 2. The van der Waals surface area contributed by atoms with Crippen molar-refractivity contribution in [3.8, 4) is 23.0 Å². The maximum Gasteiger partial charge on any atom is 0.253 e. The molecule has 1 saturated carbocycles. The van der Waals surface area contributed by atoms with Crippen LogP contribution < -0.4 is 19.1 Å². The highest BCUT2D eigenvalue weighted by Gasteiger charge is 2.76. The molecule has 7 rings (SSSR count). The summed E-state index contributed by atoms with van der Waals surface area (Å²) in [6, 6.07) is 17.1. The van der Waals surface area contributed by atoms with Gasteiger partial charge in [0, 0.05) is 30.2 Å². The predicted molar refractivity (Wildman–Crippen MR) is 188 cm³/mol. The van der Waals surface area contributed by atoms with Gasteiger partial charge in [-0.25, -0.2) is 0 Å². The number of rotatable bonds is 7. The van der Waals surface area contributed by atoms with Gasteiger partial charge in [-0.1, -0.05) is 42.0 Å². The van der Waals surface area contributed by atoms with Crippen molar-refractivity contribution in [3.63, 3.8) is 0 Å². The van der Waals surface area contributed by atoms with Gasteiger partial charge in [0.2, 0.25) is 11.8 Å². The number of ether oxygens (including phenoxy) is 3. The number of hydrogen-bond acceptors (Lipinski definition) is 8. The number of carbonyl (C=O) groups is 4. The van der Waals surface area contributed by atoms with Crippen LogP contribution in [0.15, 0.2) is 72.3 Å². The Morgan fingerprint density at radius 2 is 1.50 bits per heavy atom. The highest BCUT2D eigenvalue weighted by molar-refractivity contribution is 6.53. The molecule has 2 aliphatic carbocycles. The normalized spacial score (nSPS) is 28.8. The van der Waals surface area contributed by atoms with Gasteiger partial charge < -0.3 is 19.3 Å². The van der Waals surface area contributed by atoms with Crippen LogP contribution in [-0.2, 0) is 19.2 Å². The number of benzene rings is 3. The molecular formula is C38H34Cl2N2O8. The Morgan fingerprint density at radius 3 is 2.16 bits per heavy atom. The molecule has 2 saturated heterocycles. The lowest BCUT2D eigenvalue weighted by molar-refractivity contribution is -0.138. The van der Waals surface area contributed by atoms with Gasteiger partial charge in [0.15, 0.2) is 9.75 Å². The number of hydrogen-bond donors (Lipinski definition) is 1. The van der Waals surface area contributed by atoms with Gasteiger partial charge >= 0.3 is 0 Å². The molecule has 3 aromatic rings. The van der Waals surface area contributed by atoms with E-state index in [-0.39, 0.29) is 30.1 Å². The molecule has 4 amide bonds. The van der Waals surface area contributed by atoms with E-state index in [1.165, 1.54) is 25.1 Å². The smallest absolute Gasteiger partial charge is 0.253 e. The van der Waals surface area contributed by atoms with E-state index in [1.807, 2.05) is 48.6 Å². The van der Waals surface area contributed by atoms with Crippen molar-refractivity contribution in [2.24, 2.45) is 17.8 Å². The maximum absolute atomic E-state index is 14.3. The molecule has 50 heavy (non-hydrogen) atoms. The van der Waals surface area contributed by atoms with Crippen molar-refractivity contribution >= 4 is 64.7 Å². The Balaban J connectivity index is 1.23. The van der Waals surface area contributed by atoms with E-state index < -0.39 is 51.1 Å². The van der Waals surface area contributed by atoms with Crippen molar-refractivity contribution in [3.05, 3.63) is 89.0 Å². The van der Waals surface area contributed by atoms with E-state index in [0.717, 1.165) is 16.0 Å². The summed E-state index contributed by atoms with van der Waals surface area (Å²) in [5.41, 5.74) is 2.90. The third-order valence-corrected chi connectivity index (χ3v) is 12.0. The van der Waals surface area contributed by atoms with Gasteiger partial charge in [-0.3, -0.25) is 29.0 Å². The van der Waals surface area contributed by atoms with E-state index in [1.54, 1.807) is 38.5 Å². The first kappa shape index (κ1) is 33.7. The number of anilines is 1. The van der Waals surface area contributed by atoms with Crippen LogP contribution >= 0.6 is 23.2 Å². The van der Waals surface area contributed by atoms with Crippen LogP contribution in [0, 0.1) is 17.8 Å². The number of alkyl halides is 2. The fraction of sp³-hybridized carbons (Fsp3) is 0.316. The number of phenols is 1. The summed E-state index contributed by atoms with van der Waals surface area (Å²) in [5.74, 6) is -4.01. The molecule has 12 heteroatoms. The zero-order valence-electron chi connectivity index (χ0n) is 27.7. The molecule has 0 bridgehead atoms. The molecule has 6 atom stereocenters. The first-order valence-corrected chi connectivity index (χ1v) is 16.8. The van der Waals surface area contributed by atoms with E-state index in [9.17, 15) is 24.3 Å². The zero-order chi connectivity index (χ0) is 35.7. The quantitative estimate of drug-likeness (QED) is 0.141. The van der Waals surface area contributed by atoms with Crippen molar-refractivity contribution in [1.82, 2.24) is 4.90 Å². The van der Waals surface area contributed by atoms with Crippen LogP contribution in [0.5, 0.6) is 23.0 Å². The molecule has 2 heterocycles. The van der Waals surface area contributed by atoms with Crippen molar-refractivity contribution in [2.75, 3.05) is 33.3 Å². The Bertz CT molecular complexity index is 2010. The minimum absolute atomic E-state index is 0.141. The minimum Gasteiger partial charge on any atom is -0.508 e. The van der Waals surface area contributed by atoms with Gasteiger partial charge in [-0.2, -0.15) is 0 Å². The highest BCUT2D eigenvalue weighted by Crippen LogP contribution is 2.66. The number of amides is 4. The Kier molecular flexibility index (Phi) is 8.22. The molecule has 3 aromatic carbocycles. The topological polar surface area (TPSA) is 123 Å². The second-order valence-electron chi connectivity index (χ2n) is 13.0. The molecular weight excluding hydrogens is 683 g/mol. The summed E-state index contributed by atoms with van der Waals surface area (Å²) < 4.78 is 16.1. The summed E-state index contributed by atoms with van der Waals surface area (Å²) in [7, 11) is 5.95. The number of nitrogens with zero attached hydrogens (tertiary/aromatic N) is 2. The Hall–Kier alpha value is -4.80. The molecule has 0 spiro atoms. The Labute approximate surface area is 298 Å². The lowest BCUT2D eigenvalue weighted by Crippen LogP contribution is -2.60. The second-order valence-corrected chi connectivity index (χ2v) is 14.2. The van der Waals surface area contributed by atoms with E-state index in [0.29, 0.717) is 28.5 Å². The van der Waals surface area contributed by atoms with Crippen LogP contribution in [0.2, 0.25) is 0 Å². The SMILES string of the molecule is COc1ccc([C@H]2C3=CC[C@@H]4C(=O)N(c5ccc(C=Cc6cc(OC)ccc6OC)cc5)C(=O)[C@@H]4[C@@H]3C[C@@]3(Cl)C(=O)N(C)C(=O)[C@@]23Cl)c(O)c1. The number of halogens is 2. The molecule has 4 aliphatic rings. The third-order valence-electron chi connectivity index (χ3n) is 10.6. The average molecular weight is 718 g/mol. The van der Waals surface area contributed by atoms with Gasteiger partial charge in [-0.05, 0) is 60.7 Å². The molecule has 0 radical (unpaired) electrons. The lowest BCUT2D eigenvalue weighted by Gasteiger charge is -2.50. The summed E-state index contributed by atoms with van der Waals surface area (Å²) in [5, 5.41) is 11.2. The summed E-state index contributed by atoms with van der Waals surface area (Å²) >= 11 is 14.4. The van der Waals surface area contributed by atoms with Crippen LogP contribution in [-0.4, -0.2) is 71.8 Å². The molecule has 0 unspecified atom stereocenters. The molecule has 1 N–H and O–H groups in total. The summed E-state index contributed by atoms with van der Waals surface area (Å²) in [4.78, 5) is 53.9. The van der Waals surface area contributed by atoms with Crippen LogP contribution in [0.3, 0.4) is 0 Å². The molecule has 0 aromatic heterocycles. The summed E-state index contributed by atoms with van der Waals surface area (Å²) in [6.45, 7) is 0. The van der Waals surface area contributed by atoms with E-state index in [2.05, 4.69) is 0 Å². The van der Waals surface area contributed by atoms with Crippen LogP contribution in [0.1, 0.15) is 35.4 Å². The van der Waals surface area contributed by atoms with Crippen LogP contribution in [0.25, 0.3) is 12.2 Å². The predicted octanol–water partition coefficient (Wildman–Crippen LogP) is 5.78. The number of aromatic hydroxyl groups is 1. The second kappa shape index (κ2) is 12.2. The largest absolute Gasteiger partial charge is 0.508 e. The van der Waals surface area contributed by atoms with Crippen LogP contribution in [0.4, 0.5) is 5.69 Å². The fourth-order valence-electron chi connectivity index (χ4n) is 8.13. The number of imide groups is 2. The monoisotopic (exact) mass is 716 g/mol. The lowest BCUT2D eigenvalue weighted by atomic mass is 9.56. The molecule has 2 aliphatic heterocycles. The third kappa shape index (κ3) is 4.75. The number of likely N-dealkylation sites (tertiary alicyclic amines) is 1.